The molecular weight excluding hydrogens is 272 g/mol. The Hall–Kier alpha value is -1.95. The van der Waals surface area contributed by atoms with Crippen LogP contribution in [0.1, 0.15) is 0 Å². The summed E-state index contributed by atoms with van der Waals surface area (Å²) in [6.45, 7) is 0. The third-order valence-corrected chi connectivity index (χ3v) is 4.44. The monoisotopic (exact) mass is 283 g/mol. The molecule has 0 heterocycles. The number of anilines is 1. The van der Waals surface area contributed by atoms with Crippen LogP contribution in [0.15, 0.2) is 53.4 Å². The lowest BCUT2D eigenvalue weighted by atomic mass is 10.3. The summed E-state index contributed by atoms with van der Waals surface area (Å²) in [6.07, 6.45) is 0. The first-order valence-corrected chi connectivity index (χ1v) is 6.86. The van der Waals surface area contributed by atoms with Gasteiger partial charge in [0, 0.05) is 13.1 Å². The fourth-order valence-corrected chi connectivity index (χ4v) is 2.84. The molecule has 0 aromatic heterocycles. The van der Waals surface area contributed by atoms with E-state index in [0.717, 1.165) is 16.4 Å². The smallest absolute Gasteiger partial charge is 0.264 e. The maximum atomic E-state index is 13.6. The van der Waals surface area contributed by atoms with Gasteiger partial charge in [0.05, 0.1) is 10.6 Å². The first-order chi connectivity index (χ1) is 8.93. The zero-order valence-electron chi connectivity index (χ0n) is 10.0. The van der Waals surface area contributed by atoms with Gasteiger partial charge in [-0.05, 0) is 24.3 Å². The van der Waals surface area contributed by atoms with Crippen LogP contribution in [0.25, 0.3) is 0 Å². The van der Waals surface area contributed by atoms with E-state index in [4.69, 9.17) is 0 Å². The Labute approximate surface area is 110 Å². The maximum absolute atomic E-state index is 13.6. The minimum atomic E-state index is -3.86. The van der Waals surface area contributed by atoms with Crippen molar-refractivity contribution in [2.75, 3.05) is 11.4 Å². The first kappa shape index (κ1) is 13.5. The molecule has 0 aliphatic rings. The Morgan fingerprint density at radius 2 is 1.63 bits per heavy atom. The van der Waals surface area contributed by atoms with Crippen molar-refractivity contribution >= 4 is 15.7 Å². The summed E-state index contributed by atoms with van der Waals surface area (Å²) >= 11 is 0. The van der Waals surface area contributed by atoms with E-state index >= 15 is 0 Å². The van der Waals surface area contributed by atoms with E-state index in [9.17, 15) is 17.2 Å². The van der Waals surface area contributed by atoms with E-state index in [1.807, 2.05) is 0 Å². The van der Waals surface area contributed by atoms with E-state index in [1.54, 1.807) is 18.2 Å². The second-order valence-corrected chi connectivity index (χ2v) is 5.85. The lowest BCUT2D eigenvalue weighted by molar-refractivity contribution is 0.577. The van der Waals surface area contributed by atoms with Crippen molar-refractivity contribution in [1.82, 2.24) is 0 Å². The van der Waals surface area contributed by atoms with E-state index in [2.05, 4.69) is 0 Å². The third kappa shape index (κ3) is 2.58. The fourth-order valence-electron chi connectivity index (χ4n) is 1.62. The van der Waals surface area contributed by atoms with Crippen LogP contribution in [-0.2, 0) is 10.0 Å². The molecular formula is C13H11F2NO2S. The number of rotatable bonds is 3. The van der Waals surface area contributed by atoms with Gasteiger partial charge in [0.25, 0.3) is 10.0 Å². The van der Waals surface area contributed by atoms with Crippen LogP contribution in [0.2, 0.25) is 0 Å². The van der Waals surface area contributed by atoms with Crippen molar-refractivity contribution < 1.29 is 17.2 Å². The van der Waals surface area contributed by atoms with Crippen LogP contribution < -0.4 is 4.31 Å². The second kappa shape index (κ2) is 4.97. The van der Waals surface area contributed by atoms with E-state index in [1.165, 1.54) is 19.2 Å². The topological polar surface area (TPSA) is 37.4 Å². The molecule has 0 radical (unpaired) electrons. The molecule has 0 saturated heterocycles. The van der Waals surface area contributed by atoms with Crippen molar-refractivity contribution in [2.24, 2.45) is 0 Å². The van der Waals surface area contributed by atoms with E-state index in [-0.39, 0.29) is 10.6 Å². The number of hydrogen-bond donors (Lipinski definition) is 0. The Balaban J connectivity index is 2.47. The molecule has 3 nitrogen and oxygen atoms in total. The molecule has 0 amide bonds. The van der Waals surface area contributed by atoms with Crippen LogP contribution in [0.5, 0.6) is 0 Å². The Kier molecular flexibility index (Phi) is 3.53. The number of benzene rings is 2. The number of sulfonamides is 1. The van der Waals surface area contributed by atoms with Gasteiger partial charge in [0.15, 0.2) is 0 Å². The van der Waals surface area contributed by atoms with Crippen molar-refractivity contribution in [3.8, 4) is 0 Å². The summed E-state index contributed by atoms with van der Waals surface area (Å²) in [4.78, 5) is 0.0428. The molecule has 2 aromatic rings. The molecule has 0 N–H and O–H groups in total. The number of halogens is 2. The lowest BCUT2D eigenvalue weighted by Gasteiger charge is -2.20. The van der Waals surface area contributed by atoms with Crippen molar-refractivity contribution in [2.45, 2.75) is 4.90 Å². The van der Waals surface area contributed by atoms with E-state index in [0.29, 0.717) is 6.07 Å². The van der Waals surface area contributed by atoms with Gasteiger partial charge >= 0.3 is 0 Å². The molecule has 0 fully saturated rings. The van der Waals surface area contributed by atoms with Crippen molar-refractivity contribution in [3.63, 3.8) is 0 Å². The summed E-state index contributed by atoms with van der Waals surface area (Å²) in [7, 11) is -2.64. The maximum Gasteiger partial charge on any atom is 0.264 e. The average molecular weight is 283 g/mol. The summed E-state index contributed by atoms with van der Waals surface area (Å²) in [5.41, 5.74) is -0.203. The molecule has 6 heteroatoms. The van der Waals surface area contributed by atoms with Crippen LogP contribution in [0.3, 0.4) is 0 Å². The Morgan fingerprint density at radius 3 is 2.21 bits per heavy atom. The molecule has 100 valence electrons. The van der Waals surface area contributed by atoms with E-state index < -0.39 is 21.7 Å². The van der Waals surface area contributed by atoms with Gasteiger partial charge in [-0.2, -0.15) is 0 Å². The van der Waals surface area contributed by atoms with Crippen LogP contribution in [0.4, 0.5) is 14.5 Å². The molecule has 2 rings (SSSR count). The van der Waals surface area contributed by atoms with Crippen LogP contribution in [-0.4, -0.2) is 15.5 Å². The standard InChI is InChI=1S/C13H11F2NO2S/c1-16(13-8-7-10(14)9-12(13)15)19(17,18)11-5-3-2-4-6-11/h2-9H,1H3. The van der Waals surface area contributed by atoms with Crippen molar-refractivity contribution in [3.05, 3.63) is 60.2 Å². The fraction of sp³-hybridized carbons (Fsp3) is 0.0769. The minimum Gasteiger partial charge on any atom is -0.266 e. The molecule has 0 saturated carbocycles. The molecule has 0 aliphatic carbocycles. The van der Waals surface area contributed by atoms with Gasteiger partial charge < -0.3 is 0 Å². The van der Waals surface area contributed by atoms with Gasteiger partial charge in [-0.1, -0.05) is 18.2 Å². The molecule has 19 heavy (non-hydrogen) atoms. The van der Waals surface area contributed by atoms with Gasteiger partial charge in [-0.3, -0.25) is 4.31 Å². The lowest BCUT2D eigenvalue weighted by Crippen LogP contribution is -2.27. The SMILES string of the molecule is CN(c1ccc(F)cc1F)S(=O)(=O)c1ccccc1. The molecule has 2 aromatic carbocycles. The summed E-state index contributed by atoms with van der Waals surface area (Å²) < 4.78 is 51.7. The number of hydrogen-bond acceptors (Lipinski definition) is 2. The summed E-state index contributed by atoms with van der Waals surface area (Å²) in [5.74, 6) is -1.69. The average Bonchev–Trinajstić information content (AvgIpc) is 2.39. The predicted molar refractivity (Wildman–Crippen MR) is 68.4 cm³/mol. The van der Waals surface area contributed by atoms with Crippen LogP contribution in [0, 0.1) is 11.6 Å². The third-order valence-electron chi connectivity index (χ3n) is 2.65. The predicted octanol–water partition coefficient (Wildman–Crippen LogP) is 2.79. The van der Waals surface area contributed by atoms with Gasteiger partial charge in [0.2, 0.25) is 0 Å². The Morgan fingerprint density at radius 1 is 1.00 bits per heavy atom. The molecule has 0 unspecified atom stereocenters. The van der Waals surface area contributed by atoms with Gasteiger partial charge in [-0.25, -0.2) is 17.2 Å². The highest BCUT2D eigenvalue weighted by molar-refractivity contribution is 7.92. The zero-order chi connectivity index (χ0) is 14.0. The molecule has 0 atom stereocenters. The second-order valence-electron chi connectivity index (χ2n) is 3.88. The van der Waals surface area contributed by atoms with Crippen molar-refractivity contribution in [1.29, 1.82) is 0 Å². The normalized spacial score (nSPS) is 11.3. The highest BCUT2D eigenvalue weighted by Crippen LogP contribution is 2.24. The first-order valence-electron chi connectivity index (χ1n) is 5.42. The zero-order valence-corrected chi connectivity index (χ0v) is 10.9. The highest BCUT2D eigenvalue weighted by Gasteiger charge is 2.23. The molecule has 0 aliphatic heterocycles. The Bertz CT molecular complexity index is 687. The van der Waals surface area contributed by atoms with Crippen LogP contribution >= 0.6 is 0 Å². The van der Waals surface area contributed by atoms with Gasteiger partial charge in [0.1, 0.15) is 11.6 Å². The largest absolute Gasteiger partial charge is 0.266 e. The minimum absolute atomic E-state index is 0.0428. The molecule has 0 spiro atoms. The summed E-state index contributed by atoms with van der Waals surface area (Å²) in [5, 5.41) is 0. The number of nitrogens with zero attached hydrogens (tertiary/aromatic N) is 1. The van der Waals surface area contributed by atoms with Gasteiger partial charge in [-0.15, -0.1) is 0 Å². The molecule has 0 bridgehead atoms. The summed E-state index contributed by atoms with van der Waals surface area (Å²) in [6, 6.07) is 10.4. The highest BCUT2D eigenvalue weighted by atomic mass is 32.2. The quantitative estimate of drug-likeness (QED) is 0.868.